The van der Waals surface area contributed by atoms with Crippen LogP contribution in [0.25, 0.3) is 0 Å². The second-order valence-corrected chi connectivity index (χ2v) is 5.73. The first kappa shape index (κ1) is 16.3. The molecular weight excluding hydrogens is 274 g/mol. The molecule has 0 amide bonds. The normalized spacial score (nSPS) is 24.0. The van der Waals surface area contributed by atoms with E-state index in [2.05, 4.69) is 5.32 Å². The molecule has 2 rings (SSSR count). The van der Waals surface area contributed by atoms with Gasteiger partial charge in [0.1, 0.15) is 11.6 Å². The summed E-state index contributed by atoms with van der Waals surface area (Å²) in [6, 6.07) is 3.76. The summed E-state index contributed by atoms with van der Waals surface area (Å²) in [4.78, 5) is 0. The maximum Gasteiger partial charge on any atom is 0.126 e. The molecule has 0 bridgehead atoms. The quantitative estimate of drug-likeness (QED) is 0.847. The van der Waals surface area contributed by atoms with Crippen molar-refractivity contribution in [1.29, 1.82) is 0 Å². The third-order valence-corrected chi connectivity index (χ3v) is 3.86. The van der Waals surface area contributed by atoms with Crippen LogP contribution in [0.2, 0.25) is 0 Å². The molecule has 0 saturated carbocycles. The van der Waals surface area contributed by atoms with E-state index in [0.717, 1.165) is 38.5 Å². The first-order valence-electron chi connectivity index (χ1n) is 7.62. The topological polar surface area (TPSA) is 47.3 Å². The molecule has 3 atom stereocenters. The smallest absolute Gasteiger partial charge is 0.126 e. The Hall–Kier alpha value is -1.04. The van der Waals surface area contributed by atoms with Crippen LogP contribution < -0.4 is 11.1 Å². The predicted octanol–water partition coefficient (Wildman–Crippen LogP) is 2.38. The fourth-order valence-electron chi connectivity index (χ4n) is 3.01. The van der Waals surface area contributed by atoms with Crippen LogP contribution in [0.4, 0.5) is 8.78 Å². The van der Waals surface area contributed by atoms with Gasteiger partial charge in [0.15, 0.2) is 0 Å². The molecular formula is C16H24F2N2O. The van der Waals surface area contributed by atoms with Gasteiger partial charge in [-0.15, -0.1) is 0 Å². The number of nitrogens with one attached hydrogen (secondary N) is 1. The van der Waals surface area contributed by atoms with Crippen LogP contribution in [0.5, 0.6) is 0 Å². The number of piperidine rings is 1. The Morgan fingerprint density at radius 3 is 2.71 bits per heavy atom. The van der Waals surface area contributed by atoms with Gasteiger partial charge >= 0.3 is 0 Å². The molecule has 118 valence electrons. The van der Waals surface area contributed by atoms with Crippen LogP contribution in [-0.2, 0) is 11.2 Å². The number of benzene rings is 1. The molecule has 5 heteroatoms. The lowest BCUT2D eigenvalue weighted by molar-refractivity contribution is 0.0282. The van der Waals surface area contributed by atoms with E-state index in [0.29, 0.717) is 24.1 Å². The van der Waals surface area contributed by atoms with Gasteiger partial charge < -0.3 is 15.8 Å². The van der Waals surface area contributed by atoms with Crippen molar-refractivity contribution in [3.05, 3.63) is 35.4 Å². The molecule has 0 radical (unpaired) electrons. The van der Waals surface area contributed by atoms with E-state index in [1.165, 1.54) is 12.1 Å². The number of hydrogen-bond acceptors (Lipinski definition) is 3. The molecule has 1 aromatic rings. The van der Waals surface area contributed by atoms with Crippen LogP contribution in [0.3, 0.4) is 0 Å². The van der Waals surface area contributed by atoms with Crippen molar-refractivity contribution in [2.45, 2.75) is 50.8 Å². The molecule has 0 unspecified atom stereocenters. The van der Waals surface area contributed by atoms with E-state index in [9.17, 15) is 8.78 Å². The van der Waals surface area contributed by atoms with Crippen molar-refractivity contribution in [2.75, 3.05) is 13.2 Å². The first-order chi connectivity index (χ1) is 10.1. The van der Waals surface area contributed by atoms with Crippen LogP contribution in [0, 0.1) is 11.6 Å². The zero-order valence-electron chi connectivity index (χ0n) is 12.4. The summed E-state index contributed by atoms with van der Waals surface area (Å²) < 4.78 is 32.0. The van der Waals surface area contributed by atoms with Crippen LogP contribution in [0.1, 0.15) is 31.7 Å². The van der Waals surface area contributed by atoms with Crippen molar-refractivity contribution in [3.63, 3.8) is 0 Å². The highest BCUT2D eigenvalue weighted by Crippen LogP contribution is 2.17. The lowest BCUT2D eigenvalue weighted by Gasteiger charge is -2.31. The minimum atomic E-state index is -0.551. The first-order valence-corrected chi connectivity index (χ1v) is 7.62. The van der Waals surface area contributed by atoms with E-state index in [4.69, 9.17) is 10.5 Å². The fraction of sp³-hybridized carbons (Fsp3) is 0.625. The highest BCUT2D eigenvalue weighted by Gasteiger charge is 2.23. The van der Waals surface area contributed by atoms with Crippen molar-refractivity contribution in [2.24, 2.45) is 5.73 Å². The molecule has 1 aliphatic heterocycles. The van der Waals surface area contributed by atoms with E-state index in [1.54, 1.807) is 0 Å². The Morgan fingerprint density at radius 2 is 2.05 bits per heavy atom. The molecule has 1 heterocycles. The minimum absolute atomic E-state index is 0.121. The zero-order chi connectivity index (χ0) is 15.2. The maximum absolute atomic E-state index is 13.2. The second-order valence-electron chi connectivity index (χ2n) is 5.73. The fourth-order valence-corrected chi connectivity index (χ4v) is 3.01. The number of rotatable bonds is 6. The van der Waals surface area contributed by atoms with Crippen LogP contribution >= 0.6 is 0 Å². The van der Waals surface area contributed by atoms with Crippen LogP contribution in [-0.4, -0.2) is 31.3 Å². The standard InChI is InChI=1S/C16H24F2N2O/c1-2-21-16-3-4-20-15(10-16)9-14(19)7-11-5-12(17)8-13(18)6-11/h5-6,8,14-16,20H,2-4,7,9-10,19H2,1H3/t14-,15-,16-/m0/s1. The number of ether oxygens (including phenoxy) is 1. The van der Waals surface area contributed by atoms with Gasteiger partial charge in [-0.05, 0) is 56.8 Å². The number of halogens is 2. The molecule has 0 aliphatic carbocycles. The lowest BCUT2D eigenvalue weighted by atomic mass is 9.93. The Kier molecular flexibility index (Phi) is 6.08. The lowest BCUT2D eigenvalue weighted by Crippen LogP contribution is -2.44. The van der Waals surface area contributed by atoms with Crippen molar-refractivity contribution >= 4 is 0 Å². The zero-order valence-corrected chi connectivity index (χ0v) is 12.4. The number of nitrogens with two attached hydrogens (primary N) is 1. The molecule has 0 spiro atoms. The molecule has 0 aromatic heterocycles. The monoisotopic (exact) mass is 298 g/mol. The van der Waals surface area contributed by atoms with Gasteiger partial charge in [0.05, 0.1) is 6.10 Å². The third-order valence-electron chi connectivity index (χ3n) is 3.86. The average Bonchev–Trinajstić information content (AvgIpc) is 2.37. The molecule has 21 heavy (non-hydrogen) atoms. The summed E-state index contributed by atoms with van der Waals surface area (Å²) in [7, 11) is 0. The van der Waals surface area contributed by atoms with Crippen molar-refractivity contribution in [1.82, 2.24) is 5.32 Å². The molecule has 1 aromatic carbocycles. The SMILES string of the molecule is CCO[C@H]1CCN[C@@H](C[C@@H](N)Cc2cc(F)cc(F)c2)C1. The van der Waals surface area contributed by atoms with Gasteiger partial charge in [-0.25, -0.2) is 8.78 Å². The van der Waals surface area contributed by atoms with E-state index in [-0.39, 0.29) is 6.04 Å². The van der Waals surface area contributed by atoms with Gasteiger partial charge in [-0.1, -0.05) is 0 Å². The summed E-state index contributed by atoms with van der Waals surface area (Å²) in [6.45, 7) is 3.66. The molecule has 3 N–H and O–H groups in total. The largest absolute Gasteiger partial charge is 0.378 e. The maximum atomic E-state index is 13.2. The minimum Gasteiger partial charge on any atom is -0.378 e. The van der Waals surface area contributed by atoms with Gasteiger partial charge in [-0.3, -0.25) is 0 Å². The Bertz CT molecular complexity index is 434. The summed E-state index contributed by atoms with van der Waals surface area (Å²) >= 11 is 0. The Labute approximate surface area is 124 Å². The Balaban J connectivity index is 1.84. The van der Waals surface area contributed by atoms with Gasteiger partial charge in [0, 0.05) is 24.8 Å². The summed E-state index contributed by atoms with van der Waals surface area (Å²) in [6.07, 6.45) is 3.52. The molecule has 1 saturated heterocycles. The summed E-state index contributed by atoms with van der Waals surface area (Å²) in [5.74, 6) is -1.10. The van der Waals surface area contributed by atoms with Crippen LogP contribution in [0.15, 0.2) is 18.2 Å². The molecule has 3 nitrogen and oxygen atoms in total. The second kappa shape index (κ2) is 7.82. The van der Waals surface area contributed by atoms with Gasteiger partial charge in [0.2, 0.25) is 0 Å². The Morgan fingerprint density at radius 1 is 1.33 bits per heavy atom. The van der Waals surface area contributed by atoms with E-state index in [1.807, 2.05) is 6.92 Å². The molecule has 1 aliphatic rings. The van der Waals surface area contributed by atoms with Gasteiger partial charge in [0.25, 0.3) is 0 Å². The highest BCUT2D eigenvalue weighted by molar-refractivity contribution is 5.19. The van der Waals surface area contributed by atoms with E-state index < -0.39 is 11.6 Å². The molecule has 1 fully saturated rings. The van der Waals surface area contributed by atoms with E-state index >= 15 is 0 Å². The summed E-state index contributed by atoms with van der Waals surface area (Å²) in [5.41, 5.74) is 6.74. The average molecular weight is 298 g/mol. The number of hydrogen-bond donors (Lipinski definition) is 2. The predicted molar refractivity (Wildman–Crippen MR) is 79.1 cm³/mol. The third kappa shape index (κ3) is 5.34. The van der Waals surface area contributed by atoms with Crippen molar-refractivity contribution < 1.29 is 13.5 Å². The van der Waals surface area contributed by atoms with Crippen molar-refractivity contribution in [3.8, 4) is 0 Å². The summed E-state index contributed by atoms with van der Waals surface area (Å²) in [5, 5.41) is 3.44. The van der Waals surface area contributed by atoms with Gasteiger partial charge in [-0.2, -0.15) is 0 Å². The highest BCUT2D eigenvalue weighted by atomic mass is 19.1.